The van der Waals surface area contributed by atoms with Crippen molar-refractivity contribution < 1.29 is 5.11 Å². The smallest absolute Gasteiger partial charge is 0.0879 e. The van der Waals surface area contributed by atoms with Gasteiger partial charge in [-0.1, -0.05) is 20.4 Å². The Kier molecular flexibility index (Phi) is 2.49. The third-order valence-corrected chi connectivity index (χ3v) is 1.18. The summed E-state index contributed by atoms with van der Waals surface area (Å²) in [6.07, 6.45) is 0.968. The Hall–Kier alpha value is -0.460. The highest BCUT2D eigenvalue weighted by atomic mass is 16.3. The molecule has 1 N–H and O–H groups in total. The third kappa shape index (κ3) is 2.26. The first-order chi connectivity index (χ1) is 3.18. The molecule has 0 saturated carbocycles. The van der Waals surface area contributed by atoms with E-state index in [0.29, 0.717) is 5.76 Å². The summed E-state index contributed by atoms with van der Waals surface area (Å²) in [5.74, 6) is 0.558. The molecule has 1 nitrogen and oxygen atoms in total. The van der Waals surface area contributed by atoms with E-state index in [1.54, 1.807) is 0 Å². The van der Waals surface area contributed by atoms with Crippen molar-refractivity contribution >= 4 is 0 Å². The molecule has 0 radical (unpaired) electrons. The Morgan fingerprint density at radius 1 is 1.86 bits per heavy atom. The molecule has 0 aromatic carbocycles. The highest BCUT2D eigenvalue weighted by Crippen LogP contribution is 2.06. The van der Waals surface area contributed by atoms with Crippen LogP contribution in [0.2, 0.25) is 0 Å². The number of allylic oxidation sites excluding steroid dienone is 1. The topological polar surface area (TPSA) is 20.2 Å². The van der Waals surface area contributed by atoms with Gasteiger partial charge in [0.15, 0.2) is 0 Å². The second-order valence-corrected chi connectivity index (χ2v) is 1.80. The fourth-order valence-electron chi connectivity index (χ4n) is 0.236. The molecule has 0 aliphatic carbocycles. The van der Waals surface area contributed by atoms with Crippen LogP contribution in [-0.4, -0.2) is 5.11 Å². The molecule has 0 amide bonds. The summed E-state index contributed by atoms with van der Waals surface area (Å²) in [7, 11) is 0. The lowest BCUT2D eigenvalue weighted by Crippen LogP contribution is -1.93. The molecule has 0 aliphatic rings. The van der Waals surface area contributed by atoms with E-state index in [4.69, 9.17) is 5.11 Å². The van der Waals surface area contributed by atoms with Crippen LogP contribution in [0.3, 0.4) is 0 Å². The van der Waals surface area contributed by atoms with Crippen molar-refractivity contribution in [1.29, 1.82) is 0 Å². The van der Waals surface area contributed by atoms with Crippen molar-refractivity contribution in [2.24, 2.45) is 5.92 Å². The molecule has 0 aromatic heterocycles. The van der Waals surface area contributed by atoms with E-state index >= 15 is 0 Å². The molecular formula is C6H12O. The van der Waals surface area contributed by atoms with Gasteiger partial charge in [0.2, 0.25) is 0 Å². The average Bonchev–Trinajstić information content (AvgIpc) is 1.65. The molecule has 0 saturated heterocycles. The Bertz CT molecular complexity index is 66.6. The number of hydrogen-bond acceptors (Lipinski definition) is 1. The maximum absolute atomic E-state index is 8.63. The van der Waals surface area contributed by atoms with Crippen LogP contribution in [0.4, 0.5) is 0 Å². The van der Waals surface area contributed by atoms with Gasteiger partial charge in [0.05, 0.1) is 5.76 Å². The molecule has 0 aromatic rings. The second kappa shape index (κ2) is 2.67. The highest BCUT2D eigenvalue weighted by Gasteiger charge is 1.97. The van der Waals surface area contributed by atoms with Crippen molar-refractivity contribution in [3.8, 4) is 0 Å². The SMILES string of the molecule is C=C(O)[C@@H](C)CC. The van der Waals surface area contributed by atoms with Crippen LogP contribution >= 0.6 is 0 Å². The zero-order chi connectivity index (χ0) is 5.86. The molecule has 7 heavy (non-hydrogen) atoms. The van der Waals surface area contributed by atoms with E-state index in [0.717, 1.165) is 6.42 Å². The zero-order valence-corrected chi connectivity index (χ0v) is 4.94. The molecule has 0 spiro atoms. The van der Waals surface area contributed by atoms with Gasteiger partial charge in [-0.3, -0.25) is 0 Å². The van der Waals surface area contributed by atoms with Crippen molar-refractivity contribution in [3.05, 3.63) is 12.3 Å². The van der Waals surface area contributed by atoms with E-state index in [2.05, 4.69) is 6.58 Å². The van der Waals surface area contributed by atoms with Crippen LogP contribution in [0.25, 0.3) is 0 Å². The fourth-order valence-corrected chi connectivity index (χ4v) is 0.236. The molecule has 0 bridgehead atoms. The Morgan fingerprint density at radius 3 is 2.29 bits per heavy atom. The first-order valence-corrected chi connectivity index (χ1v) is 2.56. The van der Waals surface area contributed by atoms with Gasteiger partial charge in [-0.15, -0.1) is 0 Å². The lowest BCUT2D eigenvalue weighted by atomic mass is 10.1. The van der Waals surface area contributed by atoms with Gasteiger partial charge < -0.3 is 5.11 Å². The van der Waals surface area contributed by atoms with E-state index in [1.807, 2.05) is 13.8 Å². The number of aliphatic hydroxyl groups is 1. The number of aliphatic hydroxyl groups excluding tert-OH is 1. The number of rotatable bonds is 2. The average molecular weight is 100 g/mol. The van der Waals surface area contributed by atoms with Crippen molar-refractivity contribution in [1.82, 2.24) is 0 Å². The van der Waals surface area contributed by atoms with Crippen LogP contribution in [0.15, 0.2) is 12.3 Å². The zero-order valence-electron chi connectivity index (χ0n) is 4.94. The minimum absolute atomic E-state index is 0.264. The summed E-state index contributed by atoms with van der Waals surface area (Å²) in [6.45, 7) is 7.35. The molecule has 1 atom stereocenters. The summed E-state index contributed by atoms with van der Waals surface area (Å²) in [4.78, 5) is 0. The lowest BCUT2D eigenvalue weighted by Gasteiger charge is -2.02. The quantitative estimate of drug-likeness (QED) is 0.527. The Balaban J connectivity index is 3.34. The molecule has 0 unspecified atom stereocenters. The molecular weight excluding hydrogens is 88.1 g/mol. The Morgan fingerprint density at radius 2 is 2.29 bits per heavy atom. The van der Waals surface area contributed by atoms with E-state index in [-0.39, 0.29) is 5.92 Å². The van der Waals surface area contributed by atoms with Crippen LogP contribution in [0.5, 0.6) is 0 Å². The maximum Gasteiger partial charge on any atom is 0.0879 e. The number of hydrogen-bond donors (Lipinski definition) is 1. The maximum atomic E-state index is 8.63. The largest absolute Gasteiger partial charge is 0.513 e. The summed E-state index contributed by atoms with van der Waals surface area (Å²) in [5, 5.41) is 8.63. The van der Waals surface area contributed by atoms with Crippen molar-refractivity contribution in [2.45, 2.75) is 20.3 Å². The van der Waals surface area contributed by atoms with Gasteiger partial charge in [-0.25, -0.2) is 0 Å². The highest BCUT2D eigenvalue weighted by molar-refractivity contribution is 4.84. The van der Waals surface area contributed by atoms with Crippen LogP contribution < -0.4 is 0 Å². The Labute approximate surface area is 44.7 Å². The standard InChI is InChI=1S/C6H12O/c1-4-5(2)6(3)7/h5,7H,3-4H2,1-2H3/t5-/m0/s1. The van der Waals surface area contributed by atoms with E-state index in [9.17, 15) is 0 Å². The third-order valence-electron chi connectivity index (χ3n) is 1.18. The van der Waals surface area contributed by atoms with Gasteiger partial charge in [0.1, 0.15) is 0 Å². The predicted molar refractivity (Wildman–Crippen MR) is 31.2 cm³/mol. The minimum atomic E-state index is 0.264. The fraction of sp³-hybridized carbons (Fsp3) is 0.667. The first-order valence-electron chi connectivity index (χ1n) is 2.56. The minimum Gasteiger partial charge on any atom is -0.513 e. The van der Waals surface area contributed by atoms with Crippen molar-refractivity contribution in [3.63, 3.8) is 0 Å². The molecule has 0 fully saturated rings. The van der Waals surface area contributed by atoms with Gasteiger partial charge in [0.25, 0.3) is 0 Å². The molecule has 0 rings (SSSR count). The first kappa shape index (κ1) is 6.54. The predicted octanol–water partition coefficient (Wildman–Crippen LogP) is 2.10. The summed E-state index contributed by atoms with van der Waals surface area (Å²) in [6, 6.07) is 0. The summed E-state index contributed by atoms with van der Waals surface area (Å²) in [5.41, 5.74) is 0. The molecule has 0 heterocycles. The van der Waals surface area contributed by atoms with Gasteiger partial charge in [-0.2, -0.15) is 0 Å². The normalized spacial score (nSPS) is 13.4. The van der Waals surface area contributed by atoms with Gasteiger partial charge in [0, 0.05) is 5.92 Å². The summed E-state index contributed by atoms with van der Waals surface area (Å²) >= 11 is 0. The molecule has 0 aliphatic heterocycles. The monoisotopic (exact) mass is 100 g/mol. The molecule has 1 heteroatoms. The second-order valence-electron chi connectivity index (χ2n) is 1.80. The van der Waals surface area contributed by atoms with Crippen molar-refractivity contribution in [2.75, 3.05) is 0 Å². The van der Waals surface area contributed by atoms with E-state index < -0.39 is 0 Å². The lowest BCUT2D eigenvalue weighted by molar-refractivity contribution is 0.339. The van der Waals surface area contributed by atoms with Crippen LogP contribution in [0, 0.1) is 5.92 Å². The van der Waals surface area contributed by atoms with Crippen LogP contribution in [0.1, 0.15) is 20.3 Å². The molecule has 42 valence electrons. The summed E-state index contributed by atoms with van der Waals surface area (Å²) < 4.78 is 0. The van der Waals surface area contributed by atoms with Gasteiger partial charge >= 0.3 is 0 Å². The van der Waals surface area contributed by atoms with Gasteiger partial charge in [-0.05, 0) is 6.42 Å². The van der Waals surface area contributed by atoms with Crippen LogP contribution in [-0.2, 0) is 0 Å². The van der Waals surface area contributed by atoms with E-state index in [1.165, 1.54) is 0 Å².